The van der Waals surface area contributed by atoms with Crippen LogP contribution in [0.1, 0.15) is 11.1 Å². The Morgan fingerprint density at radius 2 is 1.45 bits per heavy atom. The summed E-state index contributed by atoms with van der Waals surface area (Å²) in [5.41, 5.74) is 1.73. The van der Waals surface area contributed by atoms with E-state index in [1.807, 2.05) is 0 Å². The number of alkyl halides is 6. The van der Waals surface area contributed by atoms with Gasteiger partial charge in [0.15, 0.2) is 0 Å². The number of primary amides is 1. The molecule has 0 aromatic heterocycles. The monoisotopic (exact) mass is 419 g/mol. The zero-order valence-electron chi connectivity index (χ0n) is 14.6. The van der Waals surface area contributed by atoms with Crippen molar-refractivity contribution < 1.29 is 36.2 Å². The zero-order chi connectivity index (χ0) is 21.9. The topological polar surface area (TPSA) is 87.7 Å². The predicted molar refractivity (Wildman–Crippen MR) is 92.8 cm³/mol. The molecule has 2 rings (SSSR count). The van der Waals surface area contributed by atoms with Gasteiger partial charge in [0.2, 0.25) is 0 Å². The molecule has 2 aromatic rings. The number of amides is 1. The van der Waals surface area contributed by atoms with E-state index in [-0.39, 0.29) is 17.8 Å². The van der Waals surface area contributed by atoms with Gasteiger partial charge in [-0.1, -0.05) is 42.5 Å². The molecule has 0 heterocycles. The van der Waals surface area contributed by atoms with Crippen molar-refractivity contribution in [1.29, 1.82) is 0 Å². The Morgan fingerprint density at radius 1 is 0.931 bits per heavy atom. The van der Waals surface area contributed by atoms with Crippen molar-refractivity contribution in [1.82, 2.24) is 0 Å². The van der Waals surface area contributed by atoms with Gasteiger partial charge in [0.05, 0.1) is 5.69 Å². The van der Waals surface area contributed by atoms with Gasteiger partial charge in [-0.2, -0.15) is 31.4 Å². The molecule has 1 amide bonds. The summed E-state index contributed by atoms with van der Waals surface area (Å²) in [6.07, 6.45) is -11.9. The maximum atomic E-state index is 12.9. The smallest absolute Gasteiger partial charge is 0.369 e. The van der Waals surface area contributed by atoms with E-state index in [4.69, 9.17) is 5.73 Å². The molecule has 4 N–H and O–H groups in total. The number of nitrogens with two attached hydrogens (primary N) is 1. The molecule has 0 fully saturated rings. The van der Waals surface area contributed by atoms with Crippen LogP contribution in [0, 0.1) is 0 Å². The maximum Gasteiger partial charge on any atom is 0.430 e. The molecule has 0 saturated heterocycles. The number of anilines is 1. The van der Waals surface area contributed by atoms with Crippen LogP contribution in [0.3, 0.4) is 0 Å². The van der Waals surface area contributed by atoms with E-state index in [2.05, 4.69) is 10.5 Å². The van der Waals surface area contributed by atoms with Gasteiger partial charge in [-0.3, -0.25) is 10.2 Å². The fourth-order valence-corrected chi connectivity index (χ4v) is 2.38. The molecule has 156 valence electrons. The van der Waals surface area contributed by atoms with E-state index in [1.165, 1.54) is 0 Å². The lowest BCUT2D eigenvalue weighted by atomic mass is 9.92. The zero-order valence-corrected chi connectivity index (χ0v) is 14.6. The lowest BCUT2D eigenvalue weighted by Crippen LogP contribution is -2.53. The first-order valence-electron chi connectivity index (χ1n) is 7.99. The Morgan fingerprint density at radius 3 is 1.90 bits per heavy atom. The number of hydrogen-bond acceptors (Lipinski definition) is 4. The molecule has 0 saturated carbocycles. The quantitative estimate of drug-likeness (QED) is 0.381. The fourth-order valence-electron chi connectivity index (χ4n) is 2.38. The van der Waals surface area contributed by atoms with E-state index in [1.54, 1.807) is 30.3 Å². The Balaban J connectivity index is 2.25. The summed E-state index contributed by atoms with van der Waals surface area (Å²) in [6, 6.07) is 11.2. The second kappa shape index (κ2) is 8.11. The Labute approximate surface area is 160 Å². The summed E-state index contributed by atoms with van der Waals surface area (Å²) in [4.78, 5) is 11.5. The minimum absolute atomic E-state index is 0.0211. The lowest BCUT2D eigenvalue weighted by molar-refractivity contribution is -0.376. The summed E-state index contributed by atoms with van der Waals surface area (Å²) in [5, 5.41) is 13.1. The van der Waals surface area contributed by atoms with E-state index in [0.717, 1.165) is 12.1 Å². The van der Waals surface area contributed by atoms with Gasteiger partial charge in [-0.05, 0) is 17.7 Å². The van der Waals surface area contributed by atoms with Crippen LogP contribution in [-0.2, 0) is 16.8 Å². The number of rotatable bonds is 6. The minimum Gasteiger partial charge on any atom is -0.369 e. The first-order chi connectivity index (χ1) is 13.4. The van der Waals surface area contributed by atoms with Gasteiger partial charge in [0, 0.05) is 12.0 Å². The fraction of sp³-hybridized carbons (Fsp3) is 0.222. The standard InChI is InChI=1S/C18H15F6N3O2/c19-17(20,21)16(29,18(22,23)24)12-6-8-13(9-7-12)26-27-14(15(25)28)10-11-4-2-1-3-5-11/h1-9,26,29H,10H2,(H2,25,28). The molecule has 2 aromatic carbocycles. The number of hydrogen-bond donors (Lipinski definition) is 3. The van der Waals surface area contributed by atoms with Gasteiger partial charge in [0.25, 0.3) is 11.5 Å². The van der Waals surface area contributed by atoms with E-state index >= 15 is 0 Å². The number of carbonyl (C=O) groups is 1. The highest BCUT2D eigenvalue weighted by Gasteiger charge is 2.71. The van der Waals surface area contributed by atoms with Crippen molar-refractivity contribution in [2.24, 2.45) is 10.8 Å². The van der Waals surface area contributed by atoms with Crippen molar-refractivity contribution in [2.75, 3.05) is 5.43 Å². The second-order valence-electron chi connectivity index (χ2n) is 5.98. The number of benzene rings is 2. The van der Waals surface area contributed by atoms with Crippen molar-refractivity contribution in [3.05, 3.63) is 65.7 Å². The number of nitrogens with zero attached hydrogens (tertiary/aromatic N) is 1. The van der Waals surface area contributed by atoms with Gasteiger partial charge in [-0.15, -0.1) is 0 Å². The molecule has 0 radical (unpaired) electrons. The first kappa shape index (κ1) is 22.2. The molecule has 29 heavy (non-hydrogen) atoms. The summed E-state index contributed by atoms with van der Waals surface area (Å²) in [6.45, 7) is 0. The summed E-state index contributed by atoms with van der Waals surface area (Å²) in [7, 11) is 0. The Bertz CT molecular complexity index is 863. The normalized spacial score (nSPS) is 13.3. The lowest BCUT2D eigenvalue weighted by Gasteiger charge is -2.32. The van der Waals surface area contributed by atoms with Gasteiger partial charge >= 0.3 is 12.4 Å². The summed E-state index contributed by atoms with van der Waals surface area (Å²) >= 11 is 0. The van der Waals surface area contributed by atoms with Crippen LogP contribution < -0.4 is 11.2 Å². The largest absolute Gasteiger partial charge is 0.430 e. The average Bonchev–Trinajstić information content (AvgIpc) is 2.63. The molecule has 0 unspecified atom stereocenters. The molecule has 0 bridgehead atoms. The number of carbonyl (C=O) groups excluding carboxylic acids is 1. The van der Waals surface area contributed by atoms with Crippen LogP contribution in [0.15, 0.2) is 59.7 Å². The summed E-state index contributed by atoms with van der Waals surface area (Å²) < 4.78 is 77.3. The van der Waals surface area contributed by atoms with Crippen LogP contribution in [0.5, 0.6) is 0 Å². The van der Waals surface area contributed by atoms with Crippen LogP contribution >= 0.6 is 0 Å². The maximum absolute atomic E-state index is 12.9. The molecule has 5 nitrogen and oxygen atoms in total. The third-order valence-electron chi connectivity index (χ3n) is 3.94. The molecular formula is C18H15F6N3O2. The van der Waals surface area contributed by atoms with Gasteiger partial charge in [-0.25, -0.2) is 0 Å². The molecular weight excluding hydrogens is 404 g/mol. The van der Waals surface area contributed by atoms with E-state index < -0.39 is 29.4 Å². The van der Waals surface area contributed by atoms with E-state index in [0.29, 0.717) is 17.7 Å². The van der Waals surface area contributed by atoms with Crippen molar-refractivity contribution in [2.45, 2.75) is 24.4 Å². The molecule has 0 atom stereocenters. The average molecular weight is 419 g/mol. The summed E-state index contributed by atoms with van der Waals surface area (Å²) in [5.74, 6) is -0.860. The van der Waals surface area contributed by atoms with Crippen molar-refractivity contribution in [3.8, 4) is 0 Å². The molecule has 0 aliphatic rings. The highest BCUT2D eigenvalue weighted by atomic mass is 19.4. The number of nitrogens with one attached hydrogen (secondary N) is 1. The highest BCUT2D eigenvalue weighted by molar-refractivity contribution is 6.38. The van der Waals surface area contributed by atoms with Crippen molar-refractivity contribution >= 4 is 17.3 Å². The Kier molecular flexibility index (Phi) is 6.21. The number of aliphatic hydroxyl groups is 1. The minimum atomic E-state index is -5.98. The second-order valence-corrected chi connectivity index (χ2v) is 5.98. The van der Waals surface area contributed by atoms with E-state index in [9.17, 15) is 36.2 Å². The third kappa shape index (κ3) is 4.86. The van der Waals surface area contributed by atoms with Crippen LogP contribution in [0.25, 0.3) is 0 Å². The first-order valence-corrected chi connectivity index (χ1v) is 7.99. The third-order valence-corrected chi connectivity index (χ3v) is 3.94. The number of halogens is 6. The molecule has 0 aliphatic carbocycles. The van der Waals surface area contributed by atoms with Crippen molar-refractivity contribution in [3.63, 3.8) is 0 Å². The van der Waals surface area contributed by atoms with Crippen LogP contribution in [0.2, 0.25) is 0 Å². The Hall–Kier alpha value is -3.08. The molecule has 0 aliphatic heterocycles. The van der Waals surface area contributed by atoms with Crippen LogP contribution in [-0.4, -0.2) is 29.1 Å². The predicted octanol–water partition coefficient (Wildman–Crippen LogP) is 3.49. The van der Waals surface area contributed by atoms with Gasteiger partial charge < -0.3 is 10.8 Å². The molecule has 0 spiro atoms. The van der Waals surface area contributed by atoms with Crippen LogP contribution in [0.4, 0.5) is 32.0 Å². The highest BCUT2D eigenvalue weighted by Crippen LogP contribution is 2.50. The SMILES string of the molecule is NC(=O)C(Cc1ccccc1)=NNc1ccc(C(O)(C(F)(F)F)C(F)(F)F)cc1. The molecule has 11 heteroatoms. The van der Waals surface area contributed by atoms with Gasteiger partial charge in [0.1, 0.15) is 5.71 Å². The number of hydrazone groups is 1.